The first-order chi connectivity index (χ1) is 4.29. The zero-order valence-corrected chi connectivity index (χ0v) is 5.63. The van der Waals surface area contributed by atoms with Gasteiger partial charge >= 0.3 is 0 Å². The first-order valence-electron chi connectivity index (χ1n) is 3.05. The Balaban J connectivity index is 2.22. The summed E-state index contributed by atoms with van der Waals surface area (Å²) in [6, 6.07) is 0.404. The van der Waals surface area contributed by atoms with Crippen molar-refractivity contribution in [3.05, 3.63) is 12.2 Å². The van der Waals surface area contributed by atoms with Crippen molar-refractivity contribution >= 4 is 6.21 Å². The highest BCUT2D eigenvalue weighted by Crippen LogP contribution is 2.03. The minimum Gasteiger partial charge on any atom is -0.377 e. The van der Waals surface area contributed by atoms with Crippen molar-refractivity contribution < 1.29 is 4.74 Å². The largest absolute Gasteiger partial charge is 0.377 e. The molecule has 0 radical (unpaired) electrons. The molecule has 1 saturated heterocycles. The van der Waals surface area contributed by atoms with Gasteiger partial charge in [0.1, 0.15) is 0 Å². The van der Waals surface area contributed by atoms with Crippen LogP contribution >= 0.6 is 0 Å². The van der Waals surface area contributed by atoms with Crippen molar-refractivity contribution in [2.45, 2.75) is 13.0 Å². The van der Waals surface area contributed by atoms with Gasteiger partial charge in [0.15, 0.2) is 0 Å². The molecule has 0 amide bonds. The molecule has 1 rings (SSSR count). The van der Waals surface area contributed by atoms with E-state index in [1.165, 1.54) is 0 Å². The van der Waals surface area contributed by atoms with E-state index in [1.54, 1.807) is 6.21 Å². The van der Waals surface area contributed by atoms with Gasteiger partial charge in [0.05, 0.1) is 19.3 Å². The number of allylic oxidation sites excluding steroid dienone is 1. The Morgan fingerprint density at radius 2 is 2.44 bits per heavy atom. The van der Waals surface area contributed by atoms with Gasteiger partial charge < -0.3 is 4.74 Å². The average Bonchev–Trinajstić information content (AvgIpc) is 1.60. The number of hydrogen-bond acceptors (Lipinski definition) is 2. The summed E-state index contributed by atoms with van der Waals surface area (Å²) in [6.07, 6.45) is 1.80. The van der Waals surface area contributed by atoms with Crippen LogP contribution in [0.25, 0.3) is 0 Å². The molecule has 0 saturated carbocycles. The van der Waals surface area contributed by atoms with Gasteiger partial charge in [0.2, 0.25) is 0 Å². The third kappa shape index (κ3) is 1.98. The molecule has 0 bridgehead atoms. The lowest BCUT2D eigenvalue weighted by atomic mass is 10.3. The zero-order chi connectivity index (χ0) is 6.69. The van der Waals surface area contributed by atoms with E-state index >= 15 is 0 Å². The second kappa shape index (κ2) is 2.78. The first-order valence-corrected chi connectivity index (χ1v) is 3.05. The molecule has 0 aromatic rings. The van der Waals surface area contributed by atoms with Crippen LogP contribution in [0.2, 0.25) is 0 Å². The summed E-state index contributed by atoms with van der Waals surface area (Å²) in [6.45, 7) is 7.19. The summed E-state index contributed by atoms with van der Waals surface area (Å²) in [5.41, 5.74) is 1.00. The van der Waals surface area contributed by atoms with Crippen LogP contribution in [0.4, 0.5) is 0 Å². The number of aliphatic imine (C=N–C) groups is 1. The Labute approximate surface area is 55.2 Å². The van der Waals surface area contributed by atoms with E-state index in [-0.39, 0.29) is 0 Å². The van der Waals surface area contributed by atoms with E-state index in [9.17, 15) is 0 Å². The van der Waals surface area contributed by atoms with E-state index in [1.807, 2.05) is 6.92 Å². The highest BCUT2D eigenvalue weighted by Gasteiger charge is 2.15. The highest BCUT2D eigenvalue weighted by molar-refractivity contribution is 5.76. The summed E-state index contributed by atoms with van der Waals surface area (Å²) < 4.78 is 4.92. The summed E-state index contributed by atoms with van der Waals surface area (Å²) in [5, 5.41) is 0. The molecular weight excluding hydrogens is 114 g/mol. The normalized spacial score (nSPS) is 20.1. The Hall–Kier alpha value is -0.630. The van der Waals surface area contributed by atoms with Crippen LogP contribution in [-0.4, -0.2) is 25.5 Å². The summed E-state index contributed by atoms with van der Waals surface area (Å²) >= 11 is 0. The van der Waals surface area contributed by atoms with E-state index in [4.69, 9.17) is 4.74 Å². The fraction of sp³-hybridized carbons (Fsp3) is 0.571. The third-order valence-corrected chi connectivity index (χ3v) is 1.13. The maximum Gasteiger partial charge on any atom is 0.0965 e. The molecule has 9 heavy (non-hydrogen) atoms. The Morgan fingerprint density at radius 3 is 2.78 bits per heavy atom. The molecule has 0 N–H and O–H groups in total. The van der Waals surface area contributed by atoms with Gasteiger partial charge in [-0.25, -0.2) is 0 Å². The van der Waals surface area contributed by atoms with Gasteiger partial charge in [-0.15, -0.1) is 0 Å². The molecule has 1 fully saturated rings. The smallest absolute Gasteiger partial charge is 0.0965 e. The first kappa shape index (κ1) is 6.49. The van der Waals surface area contributed by atoms with Crippen molar-refractivity contribution in [3.63, 3.8) is 0 Å². The topological polar surface area (TPSA) is 21.6 Å². The Kier molecular flexibility index (Phi) is 2.01. The lowest BCUT2D eigenvalue weighted by Crippen LogP contribution is -2.31. The van der Waals surface area contributed by atoms with Crippen molar-refractivity contribution in [1.82, 2.24) is 0 Å². The zero-order valence-electron chi connectivity index (χ0n) is 5.63. The molecule has 0 aromatic heterocycles. The van der Waals surface area contributed by atoms with E-state index < -0.39 is 0 Å². The van der Waals surface area contributed by atoms with Gasteiger partial charge in [-0.2, -0.15) is 0 Å². The molecular formula is C7H11NO. The lowest BCUT2D eigenvalue weighted by molar-refractivity contribution is 0.0135. The Morgan fingerprint density at radius 1 is 1.78 bits per heavy atom. The maximum absolute atomic E-state index is 4.92. The van der Waals surface area contributed by atoms with Gasteiger partial charge in [-0.1, -0.05) is 6.58 Å². The number of hydrogen-bond donors (Lipinski definition) is 0. The predicted octanol–water partition coefficient (Wildman–Crippen LogP) is 1.03. The SMILES string of the molecule is C=C(C)/C=N/C1COC1. The monoisotopic (exact) mass is 125 g/mol. The molecule has 0 unspecified atom stereocenters. The van der Waals surface area contributed by atoms with Gasteiger partial charge in [0.25, 0.3) is 0 Å². The van der Waals surface area contributed by atoms with Crippen LogP contribution in [-0.2, 0) is 4.74 Å². The predicted molar refractivity (Wildman–Crippen MR) is 37.9 cm³/mol. The fourth-order valence-corrected chi connectivity index (χ4v) is 0.542. The Bertz CT molecular complexity index is 136. The highest BCUT2D eigenvalue weighted by atomic mass is 16.5. The fourth-order valence-electron chi connectivity index (χ4n) is 0.542. The van der Waals surface area contributed by atoms with Crippen LogP contribution in [0.5, 0.6) is 0 Å². The molecule has 0 spiro atoms. The number of rotatable bonds is 2. The van der Waals surface area contributed by atoms with Crippen molar-refractivity contribution in [3.8, 4) is 0 Å². The quantitative estimate of drug-likeness (QED) is 0.505. The minimum atomic E-state index is 0.404. The number of nitrogens with zero attached hydrogens (tertiary/aromatic N) is 1. The second-order valence-corrected chi connectivity index (χ2v) is 2.32. The van der Waals surface area contributed by atoms with Crippen molar-refractivity contribution in [2.75, 3.05) is 13.2 Å². The molecule has 50 valence electrons. The number of ether oxygens (including phenoxy) is 1. The van der Waals surface area contributed by atoms with Crippen molar-refractivity contribution in [2.24, 2.45) is 4.99 Å². The van der Waals surface area contributed by atoms with Crippen molar-refractivity contribution in [1.29, 1.82) is 0 Å². The molecule has 1 heterocycles. The molecule has 1 aliphatic heterocycles. The van der Waals surface area contributed by atoms with Crippen LogP contribution < -0.4 is 0 Å². The minimum absolute atomic E-state index is 0.404. The maximum atomic E-state index is 4.92. The third-order valence-electron chi connectivity index (χ3n) is 1.13. The molecule has 0 atom stereocenters. The van der Waals surface area contributed by atoms with Crippen LogP contribution in [0.1, 0.15) is 6.92 Å². The molecule has 0 aliphatic carbocycles. The summed E-state index contributed by atoms with van der Waals surface area (Å²) in [5.74, 6) is 0. The second-order valence-electron chi connectivity index (χ2n) is 2.32. The average molecular weight is 125 g/mol. The van der Waals surface area contributed by atoms with E-state index in [2.05, 4.69) is 11.6 Å². The summed E-state index contributed by atoms with van der Waals surface area (Å²) in [4.78, 5) is 4.18. The van der Waals surface area contributed by atoms with Gasteiger partial charge in [-0.3, -0.25) is 4.99 Å². The van der Waals surface area contributed by atoms with Gasteiger partial charge in [-0.05, 0) is 12.5 Å². The van der Waals surface area contributed by atoms with Gasteiger partial charge in [0, 0.05) is 6.21 Å². The van der Waals surface area contributed by atoms with E-state index in [0.717, 1.165) is 18.8 Å². The van der Waals surface area contributed by atoms with Crippen LogP contribution in [0.3, 0.4) is 0 Å². The standard InChI is InChI=1S/C7H11NO/c1-6(2)3-8-7-4-9-5-7/h3,7H,1,4-5H2,2H3/b8-3+. The lowest BCUT2D eigenvalue weighted by Gasteiger charge is -2.21. The van der Waals surface area contributed by atoms with Crippen LogP contribution in [0.15, 0.2) is 17.1 Å². The summed E-state index contributed by atoms with van der Waals surface area (Å²) in [7, 11) is 0. The van der Waals surface area contributed by atoms with E-state index in [0.29, 0.717) is 6.04 Å². The molecule has 2 nitrogen and oxygen atoms in total. The van der Waals surface area contributed by atoms with Crippen LogP contribution in [0, 0.1) is 0 Å². The molecule has 2 heteroatoms. The molecule has 1 aliphatic rings. The molecule has 0 aromatic carbocycles.